The van der Waals surface area contributed by atoms with Gasteiger partial charge in [0, 0.05) is 17.8 Å². The summed E-state index contributed by atoms with van der Waals surface area (Å²) >= 11 is 5.79. The van der Waals surface area contributed by atoms with Gasteiger partial charge in [-0.3, -0.25) is 0 Å². The molecule has 0 aliphatic rings. The highest BCUT2D eigenvalue weighted by Gasteiger charge is 2.03. The molecule has 0 fully saturated rings. The molecule has 0 radical (unpaired) electrons. The number of aryl methyl sites for hydroxylation is 1. The van der Waals surface area contributed by atoms with Crippen LogP contribution in [0, 0.1) is 6.92 Å². The molecule has 0 aromatic heterocycles. The molecule has 0 unspecified atom stereocenters. The summed E-state index contributed by atoms with van der Waals surface area (Å²) in [6.45, 7) is 2.05. The van der Waals surface area contributed by atoms with Crippen LogP contribution in [-0.2, 0) is 4.74 Å². The number of urea groups is 1. The van der Waals surface area contributed by atoms with Crippen LogP contribution in [0.3, 0.4) is 0 Å². The van der Waals surface area contributed by atoms with Gasteiger partial charge >= 0.3 is 6.03 Å². The fourth-order valence-electron chi connectivity index (χ4n) is 1.07. The fourth-order valence-corrected chi connectivity index (χ4v) is 1.30. The second kappa shape index (κ2) is 5.58. The van der Waals surface area contributed by atoms with Crippen molar-refractivity contribution in [3.05, 3.63) is 28.8 Å². The van der Waals surface area contributed by atoms with Gasteiger partial charge in [0.25, 0.3) is 0 Å². The molecular formula is C10H13ClN2O2. The number of amides is 2. The quantitative estimate of drug-likeness (QED) is 0.781. The van der Waals surface area contributed by atoms with Crippen LogP contribution in [0.2, 0.25) is 5.02 Å². The SMILES string of the molecule is COCNC(=O)Nc1ccc(Cl)cc1C. The van der Waals surface area contributed by atoms with E-state index in [0.29, 0.717) is 5.02 Å². The molecule has 82 valence electrons. The van der Waals surface area contributed by atoms with E-state index in [1.807, 2.05) is 6.92 Å². The Morgan fingerprint density at radius 1 is 1.53 bits per heavy atom. The summed E-state index contributed by atoms with van der Waals surface area (Å²) < 4.78 is 4.71. The minimum Gasteiger partial charge on any atom is -0.364 e. The lowest BCUT2D eigenvalue weighted by Crippen LogP contribution is -2.30. The van der Waals surface area contributed by atoms with Crippen molar-refractivity contribution in [2.75, 3.05) is 19.2 Å². The molecular weight excluding hydrogens is 216 g/mol. The smallest absolute Gasteiger partial charge is 0.321 e. The topological polar surface area (TPSA) is 50.4 Å². The van der Waals surface area contributed by atoms with Gasteiger partial charge in [-0.2, -0.15) is 0 Å². The molecule has 0 aliphatic carbocycles. The lowest BCUT2D eigenvalue weighted by molar-refractivity contribution is 0.177. The van der Waals surface area contributed by atoms with Crippen molar-refractivity contribution in [3.8, 4) is 0 Å². The zero-order chi connectivity index (χ0) is 11.3. The fraction of sp³-hybridized carbons (Fsp3) is 0.300. The van der Waals surface area contributed by atoms with Crippen molar-refractivity contribution in [1.82, 2.24) is 5.32 Å². The summed E-state index contributed by atoms with van der Waals surface area (Å²) in [6, 6.07) is 4.96. The van der Waals surface area contributed by atoms with E-state index in [2.05, 4.69) is 10.6 Å². The van der Waals surface area contributed by atoms with Crippen molar-refractivity contribution in [2.45, 2.75) is 6.92 Å². The highest BCUT2D eigenvalue weighted by atomic mass is 35.5. The number of hydrogen-bond acceptors (Lipinski definition) is 2. The van der Waals surface area contributed by atoms with E-state index in [4.69, 9.17) is 16.3 Å². The normalized spacial score (nSPS) is 9.80. The van der Waals surface area contributed by atoms with Gasteiger partial charge in [-0.25, -0.2) is 4.79 Å². The molecule has 0 saturated carbocycles. The maximum atomic E-state index is 11.3. The van der Waals surface area contributed by atoms with Gasteiger partial charge in [0.2, 0.25) is 0 Å². The Labute approximate surface area is 93.6 Å². The van der Waals surface area contributed by atoms with E-state index in [0.717, 1.165) is 11.3 Å². The Bertz CT molecular complexity index is 355. The Morgan fingerprint density at radius 3 is 2.87 bits per heavy atom. The number of methoxy groups -OCH3 is 1. The maximum Gasteiger partial charge on any atom is 0.321 e. The van der Waals surface area contributed by atoms with Gasteiger partial charge in [-0.15, -0.1) is 0 Å². The number of benzene rings is 1. The zero-order valence-electron chi connectivity index (χ0n) is 8.63. The number of nitrogens with one attached hydrogen (secondary N) is 2. The number of halogens is 1. The number of anilines is 1. The highest BCUT2D eigenvalue weighted by Crippen LogP contribution is 2.19. The molecule has 0 atom stereocenters. The average molecular weight is 229 g/mol. The number of hydrogen-bond donors (Lipinski definition) is 2. The number of rotatable bonds is 3. The molecule has 0 heterocycles. The standard InChI is InChI=1S/C10H13ClN2O2/c1-7-5-8(11)3-4-9(7)13-10(14)12-6-15-2/h3-5H,6H2,1-2H3,(H2,12,13,14). The third-order valence-corrected chi connectivity index (χ3v) is 2.05. The summed E-state index contributed by atoms with van der Waals surface area (Å²) in [7, 11) is 1.51. The molecule has 1 aromatic rings. The zero-order valence-corrected chi connectivity index (χ0v) is 9.39. The molecule has 4 nitrogen and oxygen atoms in total. The average Bonchev–Trinajstić information content (AvgIpc) is 2.19. The monoisotopic (exact) mass is 228 g/mol. The number of carbonyl (C=O) groups is 1. The largest absolute Gasteiger partial charge is 0.364 e. The van der Waals surface area contributed by atoms with E-state index >= 15 is 0 Å². The van der Waals surface area contributed by atoms with E-state index in [1.165, 1.54) is 7.11 Å². The molecule has 1 rings (SSSR count). The maximum absolute atomic E-state index is 11.3. The second-order valence-electron chi connectivity index (χ2n) is 3.02. The lowest BCUT2D eigenvalue weighted by atomic mass is 10.2. The summed E-state index contributed by atoms with van der Waals surface area (Å²) in [4.78, 5) is 11.3. The number of ether oxygens (including phenoxy) is 1. The second-order valence-corrected chi connectivity index (χ2v) is 3.46. The first-order valence-electron chi connectivity index (χ1n) is 4.43. The van der Waals surface area contributed by atoms with Gasteiger partial charge in [0.15, 0.2) is 0 Å². The Kier molecular flexibility index (Phi) is 4.39. The third kappa shape index (κ3) is 3.77. The van der Waals surface area contributed by atoms with Crippen LogP contribution < -0.4 is 10.6 Å². The molecule has 0 aliphatic heterocycles. The summed E-state index contributed by atoms with van der Waals surface area (Å²) in [6.07, 6.45) is 0. The van der Waals surface area contributed by atoms with Crippen molar-refractivity contribution in [1.29, 1.82) is 0 Å². The summed E-state index contributed by atoms with van der Waals surface area (Å²) in [5, 5.41) is 5.85. The molecule has 0 bridgehead atoms. The van der Waals surface area contributed by atoms with E-state index in [-0.39, 0.29) is 12.8 Å². The first-order valence-corrected chi connectivity index (χ1v) is 4.81. The Balaban J connectivity index is 2.60. The van der Waals surface area contributed by atoms with Gasteiger partial charge < -0.3 is 15.4 Å². The van der Waals surface area contributed by atoms with Crippen LogP contribution in [0.4, 0.5) is 10.5 Å². The molecule has 0 spiro atoms. The van der Waals surface area contributed by atoms with E-state index in [9.17, 15) is 4.79 Å². The van der Waals surface area contributed by atoms with Gasteiger partial charge in [-0.05, 0) is 30.7 Å². The minimum absolute atomic E-state index is 0.179. The first-order chi connectivity index (χ1) is 7.13. The minimum atomic E-state index is -0.303. The first kappa shape index (κ1) is 11.8. The summed E-state index contributed by atoms with van der Waals surface area (Å²) in [5.41, 5.74) is 1.64. The van der Waals surface area contributed by atoms with Gasteiger partial charge in [0.1, 0.15) is 6.73 Å². The molecule has 2 amide bonds. The molecule has 15 heavy (non-hydrogen) atoms. The van der Waals surface area contributed by atoms with E-state index < -0.39 is 0 Å². The van der Waals surface area contributed by atoms with Crippen molar-refractivity contribution >= 4 is 23.3 Å². The van der Waals surface area contributed by atoms with Crippen molar-refractivity contribution in [3.63, 3.8) is 0 Å². The van der Waals surface area contributed by atoms with Gasteiger partial charge in [0.05, 0.1) is 0 Å². The van der Waals surface area contributed by atoms with Gasteiger partial charge in [-0.1, -0.05) is 11.6 Å². The highest BCUT2D eigenvalue weighted by molar-refractivity contribution is 6.30. The van der Waals surface area contributed by atoms with Crippen LogP contribution in [0.25, 0.3) is 0 Å². The summed E-state index contributed by atoms with van der Waals surface area (Å²) in [5.74, 6) is 0. The van der Waals surface area contributed by atoms with Crippen LogP contribution in [0.15, 0.2) is 18.2 Å². The molecule has 0 saturated heterocycles. The van der Waals surface area contributed by atoms with Crippen LogP contribution in [-0.4, -0.2) is 19.9 Å². The Hall–Kier alpha value is -1.26. The molecule has 5 heteroatoms. The number of carbonyl (C=O) groups excluding carboxylic acids is 1. The predicted molar refractivity (Wildman–Crippen MR) is 60.2 cm³/mol. The van der Waals surface area contributed by atoms with Crippen molar-refractivity contribution < 1.29 is 9.53 Å². The van der Waals surface area contributed by atoms with Crippen LogP contribution in [0.5, 0.6) is 0 Å². The molecule has 1 aromatic carbocycles. The molecule has 2 N–H and O–H groups in total. The van der Waals surface area contributed by atoms with Crippen LogP contribution >= 0.6 is 11.6 Å². The Morgan fingerprint density at radius 2 is 2.27 bits per heavy atom. The van der Waals surface area contributed by atoms with Crippen molar-refractivity contribution in [2.24, 2.45) is 0 Å². The lowest BCUT2D eigenvalue weighted by Gasteiger charge is -2.09. The van der Waals surface area contributed by atoms with Crippen LogP contribution in [0.1, 0.15) is 5.56 Å². The third-order valence-electron chi connectivity index (χ3n) is 1.81. The van der Waals surface area contributed by atoms with E-state index in [1.54, 1.807) is 18.2 Å². The predicted octanol–water partition coefficient (Wildman–Crippen LogP) is 2.37.